The molecule has 1 aromatic heterocycles. The number of nitrogens with one attached hydrogen (secondary N) is 3. The van der Waals surface area contributed by atoms with Crippen molar-refractivity contribution >= 4 is 18.3 Å². The molecule has 1 aliphatic heterocycles. The van der Waals surface area contributed by atoms with Gasteiger partial charge >= 0.3 is 0 Å². The average Bonchev–Trinajstić information content (AvgIpc) is 2.48. The van der Waals surface area contributed by atoms with Crippen LogP contribution >= 0.6 is 12.4 Å². The highest BCUT2D eigenvalue weighted by atomic mass is 35.5. The number of hydrogen-bond acceptors (Lipinski definition) is 2. The summed E-state index contributed by atoms with van der Waals surface area (Å²) in [6.45, 7) is 4.74. The Morgan fingerprint density at radius 2 is 2.27 bits per heavy atom. The third kappa shape index (κ3) is 2.73. The maximum atomic E-state index is 11.6. The number of hydrogen-bond donors (Lipinski definition) is 3. The van der Waals surface area contributed by atoms with Crippen molar-refractivity contribution in [1.29, 1.82) is 0 Å². The molecular weight excluding hydrogens is 214 g/mol. The van der Waals surface area contributed by atoms with Crippen LogP contribution in [0.5, 0.6) is 0 Å². The van der Waals surface area contributed by atoms with E-state index < -0.39 is 0 Å². The minimum Gasteiger partial charge on any atom is -0.367 e. The molecule has 1 amide bonds. The van der Waals surface area contributed by atoms with Crippen molar-refractivity contribution in [2.75, 3.05) is 19.6 Å². The second-order valence-electron chi connectivity index (χ2n) is 3.79. The highest BCUT2D eigenvalue weighted by Crippen LogP contribution is 2.06. The molecule has 3 N–H and O–H groups in total. The van der Waals surface area contributed by atoms with Gasteiger partial charge in [-0.2, -0.15) is 0 Å². The molecule has 2 rings (SSSR count). The van der Waals surface area contributed by atoms with E-state index in [9.17, 15) is 4.79 Å². The van der Waals surface area contributed by atoms with Crippen LogP contribution in [0.3, 0.4) is 0 Å². The number of carbonyl (C=O) groups is 1. The standard InChI is InChI=1S/C10H15N3O.ClH/c1-7-2-11-6-9(7)10(14)13-5-8-3-12-4-8;/h2,6,8,11-12H,3-5H2,1H3,(H,13,14);1H. The van der Waals surface area contributed by atoms with Crippen molar-refractivity contribution in [3.8, 4) is 0 Å². The van der Waals surface area contributed by atoms with Gasteiger partial charge in [-0.25, -0.2) is 0 Å². The summed E-state index contributed by atoms with van der Waals surface area (Å²) < 4.78 is 0. The number of rotatable bonds is 3. The Bertz CT molecular complexity index is 333. The van der Waals surface area contributed by atoms with Crippen molar-refractivity contribution in [2.45, 2.75) is 6.92 Å². The summed E-state index contributed by atoms with van der Waals surface area (Å²) in [5.41, 5.74) is 1.74. The first kappa shape index (κ1) is 12.1. The zero-order valence-electron chi connectivity index (χ0n) is 8.67. The molecule has 2 heterocycles. The van der Waals surface area contributed by atoms with Crippen molar-refractivity contribution in [3.05, 3.63) is 23.5 Å². The summed E-state index contributed by atoms with van der Waals surface area (Å²) in [6, 6.07) is 0. The Morgan fingerprint density at radius 3 is 2.73 bits per heavy atom. The van der Waals surface area contributed by atoms with E-state index in [2.05, 4.69) is 15.6 Å². The van der Waals surface area contributed by atoms with Gasteiger partial charge in [0.2, 0.25) is 0 Å². The van der Waals surface area contributed by atoms with Gasteiger partial charge in [-0.3, -0.25) is 4.79 Å². The third-order valence-corrected chi connectivity index (χ3v) is 2.61. The molecule has 84 valence electrons. The van der Waals surface area contributed by atoms with Crippen molar-refractivity contribution in [2.24, 2.45) is 5.92 Å². The number of carbonyl (C=O) groups excluding carboxylic acids is 1. The van der Waals surface area contributed by atoms with Gasteiger partial charge in [-0.05, 0) is 12.5 Å². The number of halogens is 1. The van der Waals surface area contributed by atoms with Crippen LogP contribution in [0.1, 0.15) is 15.9 Å². The van der Waals surface area contributed by atoms with Crippen LogP contribution in [0.15, 0.2) is 12.4 Å². The first-order chi connectivity index (χ1) is 6.77. The molecular formula is C10H16ClN3O. The lowest BCUT2D eigenvalue weighted by atomic mass is 10.0. The smallest absolute Gasteiger partial charge is 0.253 e. The molecule has 4 nitrogen and oxygen atoms in total. The largest absolute Gasteiger partial charge is 0.367 e. The van der Waals surface area contributed by atoms with Gasteiger partial charge in [0.25, 0.3) is 5.91 Å². The molecule has 0 unspecified atom stereocenters. The second kappa shape index (κ2) is 5.19. The molecule has 1 aliphatic rings. The number of amides is 1. The van der Waals surface area contributed by atoms with Gasteiger partial charge in [0.15, 0.2) is 0 Å². The van der Waals surface area contributed by atoms with E-state index in [-0.39, 0.29) is 18.3 Å². The van der Waals surface area contributed by atoms with E-state index in [0.29, 0.717) is 5.92 Å². The minimum absolute atomic E-state index is 0. The summed E-state index contributed by atoms with van der Waals surface area (Å²) in [7, 11) is 0. The molecule has 0 atom stereocenters. The zero-order chi connectivity index (χ0) is 9.97. The van der Waals surface area contributed by atoms with Gasteiger partial charge in [-0.15, -0.1) is 12.4 Å². The van der Waals surface area contributed by atoms with E-state index >= 15 is 0 Å². The van der Waals surface area contributed by atoms with Crippen LogP contribution in [0.25, 0.3) is 0 Å². The van der Waals surface area contributed by atoms with E-state index in [1.807, 2.05) is 13.1 Å². The van der Waals surface area contributed by atoms with E-state index in [0.717, 1.165) is 30.8 Å². The summed E-state index contributed by atoms with van der Waals surface area (Å²) in [5.74, 6) is 0.633. The molecule has 0 aromatic carbocycles. The van der Waals surface area contributed by atoms with Crippen LogP contribution < -0.4 is 10.6 Å². The number of H-pyrrole nitrogens is 1. The normalized spacial score (nSPS) is 15.3. The van der Waals surface area contributed by atoms with Crippen molar-refractivity contribution in [3.63, 3.8) is 0 Å². The van der Waals surface area contributed by atoms with Gasteiger partial charge in [0, 0.05) is 37.9 Å². The maximum absolute atomic E-state index is 11.6. The molecule has 0 saturated carbocycles. The Balaban J connectivity index is 0.00000112. The number of aromatic amines is 1. The zero-order valence-corrected chi connectivity index (χ0v) is 9.49. The quantitative estimate of drug-likeness (QED) is 0.715. The van der Waals surface area contributed by atoms with Gasteiger partial charge in [0.05, 0.1) is 5.56 Å². The monoisotopic (exact) mass is 229 g/mol. The molecule has 1 fully saturated rings. The summed E-state index contributed by atoms with van der Waals surface area (Å²) in [6.07, 6.45) is 3.57. The molecule has 1 saturated heterocycles. The lowest BCUT2D eigenvalue weighted by Gasteiger charge is -2.27. The fraction of sp³-hybridized carbons (Fsp3) is 0.500. The average molecular weight is 230 g/mol. The highest BCUT2D eigenvalue weighted by molar-refractivity contribution is 5.95. The number of aromatic nitrogens is 1. The molecule has 5 heteroatoms. The third-order valence-electron chi connectivity index (χ3n) is 2.61. The Labute approximate surface area is 95.2 Å². The van der Waals surface area contributed by atoms with E-state index in [1.165, 1.54) is 0 Å². The molecule has 0 bridgehead atoms. The van der Waals surface area contributed by atoms with Gasteiger partial charge in [0.1, 0.15) is 0 Å². The predicted octanol–water partition coefficient (Wildman–Crippen LogP) is 0.694. The summed E-state index contributed by atoms with van der Waals surface area (Å²) >= 11 is 0. The predicted molar refractivity (Wildman–Crippen MR) is 61.5 cm³/mol. The fourth-order valence-electron chi connectivity index (χ4n) is 1.51. The van der Waals surface area contributed by atoms with Crippen molar-refractivity contribution < 1.29 is 4.79 Å². The van der Waals surface area contributed by atoms with Gasteiger partial charge < -0.3 is 15.6 Å². The molecule has 1 aromatic rings. The highest BCUT2D eigenvalue weighted by Gasteiger charge is 2.18. The first-order valence-electron chi connectivity index (χ1n) is 4.89. The Morgan fingerprint density at radius 1 is 1.53 bits per heavy atom. The minimum atomic E-state index is 0. The summed E-state index contributed by atoms with van der Waals surface area (Å²) in [4.78, 5) is 14.5. The summed E-state index contributed by atoms with van der Waals surface area (Å²) in [5, 5.41) is 6.10. The topological polar surface area (TPSA) is 56.9 Å². The van der Waals surface area contributed by atoms with Gasteiger partial charge in [-0.1, -0.05) is 0 Å². The SMILES string of the molecule is Cc1c[nH]cc1C(=O)NCC1CNC1.Cl. The molecule has 0 spiro atoms. The lowest BCUT2D eigenvalue weighted by molar-refractivity contribution is 0.0942. The van der Waals surface area contributed by atoms with Crippen LogP contribution in [-0.2, 0) is 0 Å². The van der Waals surface area contributed by atoms with Crippen LogP contribution in [-0.4, -0.2) is 30.5 Å². The van der Waals surface area contributed by atoms with Crippen LogP contribution in [0.2, 0.25) is 0 Å². The first-order valence-corrected chi connectivity index (χ1v) is 4.89. The number of aryl methyl sites for hydroxylation is 1. The molecule has 15 heavy (non-hydrogen) atoms. The lowest BCUT2D eigenvalue weighted by Crippen LogP contribution is -2.48. The molecule has 0 aliphatic carbocycles. The van der Waals surface area contributed by atoms with E-state index in [1.54, 1.807) is 6.20 Å². The van der Waals surface area contributed by atoms with E-state index in [4.69, 9.17) is 0 Å². The van der Waals surface area contributed by atoms with Crippen molar-refractivity contribution in [1.82, 2.24) is 15.6 Å². The second-order valence-corrected chi connectivity index (χ2v) is 3.79. The van der Waals surface area contributed by atoms with Crippen LogP contribution in [0, 0.1) is 12.8 Å². The molecule has 0 radical (unpaired) electrons. The fourth-order valence-corrected chi connectivity index (χ4v) is 1.51. The Kier molecular flexibility index (Phi) is 4.17. The maximum Gasteiger partial charge on any atom is 0.253 e. The van der Waals surface area contributed by atoms with Crippen LogP contribution in [0.4, 0.5) is 0 Å². The Hall–Kier alpha value is -1.00.